The van der Waals surface area contributed by atoms with Crippen molar-refractivity contribution in [2.24, 2.45) is 0 Å². The molecule has 0 aromatic rings. The highest BCUT2D eigenvalue weighted by Gasteiger charge is 2.30. The number of urea groups is 1. The summed E-state index contributed by atoms with van der Waals surface area (Å²) < 4.78 is 5.41. The van der Waals surface area contributed by atoms with E-state index < -0.39 is 0 Å². The summed E-state index contributed by atoms with van der Waals surface area (Å²) in [5.74, 6) is 1.02. The Balaban J connectivity index is 2.50. The highest BCUT2D eigenvalue weighted by Crippen LogP contribution is 2.24. The van der Waals surface area contributed by atoms with Crippen LogP contribution in [0, 0.1) is 0 Å². The zero-order chi connectivity index (χ0) is 14.6. The van der Waals surface area contributed by atoms with E-state index in [0.717, 1.165) is 18.7 Å². The molecule has 1 heterocycles. The molecule has 1 N–H and O–H groups in total. The lowest BCUT2D eigenvalue weighted by Crippen LogP contribution is -2.54. The maximum absolute atomic E-state index is 12.3. The van der Waals surface area contributed by atoms with Crippen molar-refractivity contribution in [3.63, 3.8) is 0 Å². The molecule has 0 aliphatic carbocycles. The van der Waals surface area contributed by atoms with E-state index >= 15 is 0 Å². The monoisotopic (exact) mass is 288 g/mol. The van der Waals surface area contributed by atoms with Gasteiger partial charge >= 0.3 is 6.03 Å². The molecule has 2 amide bonds. The van der Waals surface area contributed by atoms with E-state index in [2.05, 4.69) is 19.2 Å². The van der Waals surface area contributed by atoms with Crippen LogP contribution in [0.5, 0.6) is 0 Å². The van der Waals surface area contributed by atoms with Crippen LogP contribution in [0.4, 0.5) is 4.79 Å². The number of nitrogens with one attached hydrogen (secondary N) is 1. The van der Waals surface area contributed by atoms with Crippen LogP contribution in [0.3, 0.4) is 0 Å². The van der Waals surface area contributed by atoms with Crippen LogP contribution >= 0.6 is 11.8 Å². The van der Waals surface area contributed by atoms with E-state index in [0.29, 0.717) is 11.3 Å². The van der Waals surface area contributed by atoms with Gasteiger partial charge in [-0.1, -0.05) is 6.92 Å². The Bertz CT molecular complexity index is 310. The number of carbonyl (C=O) groups is 1. The standard InChI is InChI=1S/C14H28N2O2S/c1-10(9-14(4,5)18-6)15-13(17)16-7-8-19-12(3)11(16)2/h10-12H,7-9H2,1-6H3,(H,15,17)/t10-,11+,12-/m0/s1. The number of carbonyl (C=O) groups excluding carboxylic acids is 1. The van der Waals surface area contributed by atoms with Gasteiger partial charge in [0.05, 0.1) is 5.60 Å². The molecule has 0 bridgehead atoms. The lowest BCUT2D eigenvalue weighted by Gasteiger charge is -2.38. The maximum atomic E-state index is 12.3. The highest BCUT2D eigenvalue weighted by atomic mass is 32.2. The first-order valence-corrected chi connectivity index (χ1v) is 8.05. The molecule has 112 valence electrons. The molecule has 0 radical (unpaired) electrons. The zero-order valence-electron chi connectivity index (χ0n) is 13.0. The molecule has 0 aromatic heterocycles. The lowest BCUT2D eigenvalue weighted by atomic mass is 10.00. The van der Waals surface area contributed by atoms with Crippen LogP contribution in [-0.4, -0.2) is 53.3 Å². The smallest absolute Gasteiger partial charge is 0.317 e. The second kappa shape index (κ2) is 6.84. The number of nitrogens with zero attached hydrogens (tertiary/aromatic N) is 1. The van der Waals surface area contributed by atoms with Gasteiger partial charge in [0.25, 0.3) is 0 Å². The van der Waals surface area contributed by atoms with Gasteiger partial charge in [-0.25, -0.2) is 4.79 Å². The van der Waals surface area contributed by atoms with E-state index in [1.54, 1.807) is 7.11 Å². The summed E-state index contributed by atoms with van der Waals surface area (Å²) >= 11 is 1.94. The number of hydrogen-bond acceptors (Lipinski definition) is 3. The molecule has 0 unspecified atom stereocenters. The number of ether oxygens (including phenoxy) is 1. The number of rotatable bonds is 4. The maximum Gasteiger partial charge on any atom is 0.317 e. The van der Waals surface area contributed by atoms with Crippen molar-refractivity contribution in [3.05, 3.63) is 0 Å². The topological polar surface area (TPSA) is 41.6 Å². The molecule has 19 heavy (non-hydrogen) atoms. The van der Waals surface area contributed by atoms with E-state index in [1.807, 2.05) is 37.4 Å². The molecule has 1 saturated heterocycles. The Labute approximate surface area is 121 Å². The van der Waals surface area contributed by atoms with Gasteiger partial charge in [0, 0.05) is 36.7 Å². The number of thioether (sulfide) groups is 1. The van der Waals surface area contributed by atoms with Gasteiger partial charge in [-0.2, -0.15) is 11.8 Å². The van der Waals surface area contributed by atoms with Crippen LogP contribution in [0.1, 0.15) is 41.0 Å². The highest BCUT2D eigenvalue weighted by molar-refractivity contribution is 8.00. The van der Waals surface area contributed by atoms with E-state index in [-0.39, 0.29) is 17.7 Å². The third-order valence-corrected chi connectivity index (χ3v) is 5.20. The van der Waals surface area contributed by atoms with Crippen LogP contribution in [-0.2, 0) is 4.74 Å². The molecule has 5 heteroatoms. The molecule has 1 rings (SSSR count). The van der Waals surface area contributed by atoms with Crippen molar-refractivity contribution in [1.29, 1.82) is 0 Å². The van der Waals surface area contributed by atoms with Crippen LogP contribution in [0.25, 0.3) is 0 Å². The van der Waals surface area contributed by atoms with Crippen molar-refractivity contribution in [2.75, 3.05) is 19.4 Å². The van der Waals surface area contributed by atoms with Gasteiger partial charge in [-0.15, -0.1) is 0 Å². The number of hydrogen-bond donors (Lipinski definition) is 1. The van der Waals surface area contributed by atoms with Crippen LogP contribution in [0.15, 0.2) is 0 Å². The lowest BCUT2D eigenvalue weighted by molar-refractivity contribution is 0.00904. The average Bonchev–Trinajstić information content (AvgIpc) is 2.31. The van der Waals surface area contributed by atoms with Crippen LogP contribution < -0.4 is 5.32 Å². The third-order valence-electron chi connectivity index (χ3n) is 3.86. The van der Waals surface area contributed by atoms with Gasteiger partial charge in [0.15, 0.2) is 0 Å². The van der Waals surface area contributed by atoms with Crippen molar-refractivity contribution >= 4 is 17.8 Å². The van der Waals surface area contributed by atoms with E-state index in [9.17, 15) is 4.79 Å². The van der Waals surface area contributed by atoms with Gasteiger partial charge in [-0.3, -0.25) is 0 Å². The summed E-state index contributed by atoms with van der Waals surface area (Å²) in [6, 6.07) is 0.458. The Morgan fingerprint density at radius 2 is 2.16 bits per heavy atom. The largest absolute Gasteiger partial charge is 0.379 e. The second-order valence-electron chi connectivity index (χ2n) is 6.03. The average molecular weight is 288 g/mol. The Kier molecular flexibility index (Phi) is 5.99. The Hall–Kier alpha value is -0.420. The third kappa shape index (κ3) is 4.88. The summed E-state index contributed by atoms with van der Waals surface area (Å²) in [5.41, 5.74) is -0.205. The molecule has 0 aromatic carbocycles. The van der Waals surface area contributed by atoms with Crippen molar-refractivity contribution in [2.45, 2.75) is 64.0 Å². The van der Waals surface area contributed by atoms with Gasteiger partial charge in [0.1, 0.15) is 0 Å². The quantitative estimate of drug-likeness (QED) is 0.865. The first-order chi connectivity index (χ1) is 8.76. The molecule has 3 atom stereocenters. The predicted octanol–water partition coefficient (Wildman–Crippen LogP) is 2.73. The van der Waals surface area contributed by atoms with Crippen molar-refractivity contribution in [1.82, 2.24) is 10.2 Å². The minimum Gasteiger partial charge on any atom is -0.379 e. The number of amides is 2. The molecular formula is C14H28N2O2S. The zero-order valence-corrected chi connectivity index (χ0v) is 13.8. The van der Waals surface area contributed by atoms with E-state index in [4.69, 9.17) is 4.74 Å². The molecule has 1 aliphatic rings. The Morgan fingerprint density at radius 3 is 2.74 bits per heavy atom. The fourth-order valence-corrected chi connectivity index (χ4v) is 3.48. The second-order valence-corrected chi connectivity index (χ2v) is 7.51. The molecule has 1 aliphatic heterocycles. The molecule has 0 saturated carbocycles. The predicted molar refractivity (Wildman–Crippen MR) is 81.8 cm³/mol. The van der Waals surface area contributed by atoms with Crippen molar-refractivity contribution < 1.29 is 9.53 Å². The summed E-state index contributed by atoms with van der Waals surface area (Å²) in [5, 5.41) is 3.59. The van der Waals surface area contributed by atoms with Gasteiger partial charge in [-0.05, 0) is 34.1 Å². The minimum absolute atomic E-state index is 0.0547. The summed E-state index contributed by atoms with van der Waals surface area (Å²) in [7, 11) is 1.71. The van der Waals surface area contributed by atoms with E-state index in [1.165, 1.54) is 0 Å². The van der Waals surface area contributed by atoms with Crippen molar-refractivity contribution in [3.8, 4) is 0 Å². The van der Waals surface area contributed by atoms with Gasteiger partial charge in [0.2, 0.25) is 0 Å². The first-order valence-electron chi connectivity index (χ1n) is 7.00. The molecular weight excluding hydrogens is 260 g/mol. The normalized spacial score (nSPS) is 26.1. The fourth-order valence-electron chi connectivity index (χ4n) is 2.39. The summed E-state index contributed by atoms with van der Waals surface area (Å²) in [6.07, 6.45) is 0.807. The summed E-state index contributed by atoms with van der Waals surface area (Å²) in [4.78, 5) is 14.3. The molecule has 0 spiro atoms. The molecule has 4 nitrogen and oxygen atoms in total. The van der Waals surface area contributed by atoms with Crippen LogP contribution in [0.2, 0.25) is 0 Å². The Morgan fingerprint density at radius 1 is 1.53 bits per heavy atom. The first kappa shape index (κ1) is 16.6. The molecule has 1 fully saturated rings. The van der Waals surface area contributed by atoms with Gasteiger partial charge < -0.3 is 15.0 Å². The SMILES string of the molecule is COC(C)(C)C[C@H](C)NC(=O)N1CCS[C@@H](C)[C@H]1C. The minimum atomic E-state index is -0.205. The summed E-state index contributed by atoms with van der Waals surface area (Å²) in [6.45, 7) is 11.3. The fraction of sp³-hybridized carbons (Fsp3) is 0.929. The number of methoxy groups -OCH3 is 1.